The molecule has 0 saturated carbocycles. The Morgan fingerprint density at radius 3 is 2.79 bits per heavy atom. The summed E-state index contributed by atoms with van der Waals surface area (Å²) in [4.78, 5) is 3.87. The van der Waals surface area contributed by atoms with Crippen LogP contribution in [0.3, 0.4) is 0 Å². The Morgan fingerprint density at radius 1 is 1.53 bits per heavy atom. The van der Waals surface area contributed by atoms with Crippen molar-refractivity contribution in [2.45, 2.75) is 13.3 Å². The Morgan fingerprint density at radius 2 is 2.21 bits per heavy atom. The molecule has 0 radical (unpaired) electrons. The van der Waals surface area contributed by atoms with Crippen LogP contribution in [0.5, 0.6) is 0 Å². The number of ether oxygens (including phenoxy) is 1. The van der Waals surface area contributed by atoms with Crippen molar-refractivity contribution in [1.82, 2.24) is 0 Å². The lowest BCUT2D eigenvalue weighted by Gasteiger charge is -2.11. The van der Waals surface area contributed by atoms with Crippen molar-refractivity contribution in [3.63, 3.8) is 0 Å². The van der Waals surface area contributed by atoms with Crippen LogP contribution in [0.4, 0.5) is 14.5 Å². The average Bonchev–Trinajstić information content (AvgIpc) is 2.37. The number of nitrogens with zero attached hydrogens (tertiary/aromatic N) is 1. The molecule has 1 rings (SSSR count). The summed E-state index contributed by atoms with van der Waals surface area (Å²) in [6.45, 7) is 4.90. The second-order valence-corrected chi connectivity index (χ2v) is 4.63. The van der Waals surface area contributed by atoms with Crippen molar-refractivity contribution in [2.75, 3.05) is 13.2 Å². The fraction of sp³-hybridized carbons (Fsp3) is 0.308. The first kappa shape index (κ1) is 15.8. The van der Waals surface area contributed by atoms with Crippen LogP contribution in [0.2, 0.25) is 0 Å². The molecule has 3 nitrogen and oxygen atoms in total. The van der Waals surface area contributed by atoms with Crippen LogP contribution in [0.25, 0.3) is 5.76 Å². The summed E-state index contributed by atoms with van der Waals surface area (Å²) < 4.78 is 31.0. The van der Waals surface area contributed by atoms with Gasteiger partial charge >= 0.3 is 0 Å². The zero-order valence-corrected chi connectivity index (χ0v) is 12.0. The molecule has 0 amide bonds. The number of alkyl halides is 2. The molecule has 6 heteroatoms. The maximum Gasteiger partial charge on any atom is 0.276 e. The minimum absolute atomic E-state index is 0.0856. The standard InChI is InChI=1S/C13H14BrF2NO2/c1-8(13(15)16)17-12-4-3-10(14)7-11(12)9(2)19-6-5-18/h3-4,7,13,18H,2,5-6H2,1H3. The third-order valence-electron chi connectivity index (χ3n) is 2.24. The lowest BCUT2D eigenvalue weighted by Crippen LogP contribution is -2.04. The molecule has 0 aliphatic rings. The van der Waals surface area contributed by atoms with E-state index < -0.39 is 6.43 Å². The van der Waals surface area contributed by atoms with Crippen molar-refractivity contribution in [3.8, 4) is 0 Å². The molecule has 0 aliphatic heterocycles. The number of hydrogen-bond acceptors (Lipinski definition) is 3. The summed E-state index contributed by atoms with van der Waals surface area (Å²) in [7, 11) is 0. The predicted molar refractivity (Wildman–Crippen MR) is 75.0 cm³/mol. The monoisotopic (exact) mass is 333 g/mol. The van der Waals surface area contributed by atoms with E-state index in [-0.39, 0.29) is 24.7 Å². The number of aliphatic imine (C=N–C) groups is 1. The van der Waals surface area contributed by atoms with Gasteiger partial charge in [0.15, 0.2) is 0 Å². The van der Waals surface area contributed by atoms with Crippen molar-refractivity contribution in [2.24, 2.45) is 4.99 Å². The van der Waals surface area contributed by atoms with Crippen LogP contribution in [-0.2, 0) is 4.74 Å². The van der Waals surface area contributed by atoms with E-state index in [0.717, 1.165) is 4.47 Å². The number of aliphatic hydroxyl groups excluding tert-OH is 1. The Balaban J connectivity index is 3.11. The molecule has 0 bridgehead atoms. The largest absolute Gasteiger partial charge is 0.491 e. The number of hydrogen-bond donors (Lipinski definition) is 1. The Labute approximate surface area is 118 Å². The molecule has 104 valence electrons. The number of aliphatic hydroxyl groups is 1. The van der Waals surface area contributed by atoms with Crippen LogP contribution in [-0.4, -0.2) is 30.5 Å². The van der Waals surface area contributed by atoms with Crippen LogP contribution >= 0.6 is 15.9 Å². The van der Waals surface area contributed by atoms with Crippen LogP contribution in [0.15, 0.2) is 34.2 Å². The first-order valence-corrected chi connectivity index (χ1v) is 6.30. The van der Waals surface area contributed by atoms with Gasteiger partial charge in [0.25, 0.3) is 6.43 Å². The predicted octanol–water partition coefficient (Wildman–Crippen LogP) is 3.79. The Kier molecular flexibility index (Phi) is 6.11. The molecule has 0 atom stereocenters. The molecule has 19 heavy (non-hydrogen) atoms. The van der Waals surface area contributed by atoms with E-state index in [9.17, 15) is 8.78 Å². The van der Waals surface area contributed by atoms with Gasteiger partial charge in [0, 0.05) is 10.0 Å². The minimum Gasteiger partial charge on any atom is -0.491 e. The van der Waals surface area contributed by atoms with E-state index in [2.05, 4.69) is 27.5 Å². The fourth-order valence-corrected chi connectivity index (χ4v) is 1.68. The molecule has 0 aromatic heterocycles. The second-order valence-electron chi connectivity index (χ2n) is 3.71. The van der Waals surface area contributed by atoms with Gasteiger partial charge in [-0.15, -0.1) is 0 Å². The first-order chi connectivity index (χ1) is 8.95. The zero-order chi connectivity index (χ0) is 14.4. The van der Waals surface area contributed by atoms with Gasteiger partial charge in [-0.3, -0.25) is 4.99 Å². The summed E-state index contributed by atoms with van der Waals surface area (Å²) in [6.07, 6.45) is -2.61. The number of benzene rings is 1. The second kappa shape index (κ2) is 7.35. The highest BCUT2D eigenvalue weighted by atomic mass is 79.9. The molecule has 0 spiro atoms. The molecule has 0 fully saturated rings. The van der Waals surface area contributed by atoms with E-state index in [1.165, 1.54) is 6.92 Å². The van der Waals surface area contributed by atoms with Gasteiger partial charge in [0.2, 0.25) is 0 Å². The maximum absolute atomic E-state index is 12.5. The van der Waals surface area contributed by atoms with Crippen molar-refractivity contribution >= 4 is 33.1 Å². The molecule has 0 aliphatic carbocycles. The summed E-state index contributed by atoms with van der Waals surface area (Å²) in [6, 6.07) is 4.97. The molecule has 0 unspecified atom stereocenters. The average molecular weight is 334 g/mol. The van der Waals surface area contributed by atoms with Gasteiger partial charge in [-0.05, 0) is 25.1 Å². The first-order valence-electron chi connectivity index (χ1n) is 5.51. The highest BCUT2D eigenvalue weighted by molar-refractivity contribution is 9.10. The van der Waals surface area contributed by atoms with E-state index in [4.69, 9.17) is 9.84 Å². The van der Waals surface area contributed by atoms with Crippen LogP contribution in [0, 0.1) is 0 Å². The number of rotatable bonds is 6. The maximum atomic E-state index is 12.5. The molecule has 0 heterocycles. The van der Waals surface area contributed by atoms with E-state index in [1.54, 1.807) is 18.2 Å². The van der Waals surface area contributed by atoms with Gasteiger partial charge in [-0.25, -0.2) is 8.78 Å². The normalized spacial score (nSPS) is 11.8. The lowest BCUT2D eigenvalue weighted by molar-refractivity contribution is 0.181. The SMILES string of the molecule is C=C(OCCO)c1cc(Br)ccc1N=C(C)C(F)F. The van der Waals surface area contributed by atoms with Gasteiger partial charge in [0.05, 0.1) is 18.0 Å². The third-order valence-corrected chi connectivity index (χ3v) is 2.73. The van der Waals surface area contributed by atoms with Gasteiger partial charge < -0.3 is 9.84 Å². The highest BCUT2D eigenvalue weighted by Crippen LogP contribution is 2.30. The Hall–Kier alpha value is -1.27. The van der Waals surface area contributed by atoms with Gasteiger partial charge in [-0.2, -0.15) is 0 Å². The Bertz CT molecular complexity index is 490. The zero-order valence-electron chi connectivity index (χ0n) is 10.4. The topological polar surface area (TPSA) is 41.8 Å². The van der Waals surface area contributed by atoms with Crippen molar-refractivity contribution in [3.05, 3.63) is 34.8 Å². The van der Waals surface area contributed by atoms with Crippen LogP contribution < -0.4 is 0 Å². The van der Waals surface area contributed by atoms with E-state index in [0.29, 0.717) is 11.3 Å². The highest BCUT2D eigenvalue weighted by Gasteiger charge is 2.11. The van der Waals surface area contributed by atoms with Gasteiger partial charge in [0.1, 0.15) is 12.4 Å². The summed E-state index contributed by atoms with van der Waals surface area (Å²) in [5, 5.41) is 8.70. The summed E-state index contributed by atoms with van der Waals surface area (Å²) >= 11 is 3.29. The molecular weight excluding hydrogens is 320 g/mol. The molecule has 1 N–H and O–H groups in total. The van der Waals surface area contributed by atoms with E-state index in [1.807, 2.05) is 0 Å². The third kappa shape index (κ3) is 4.72. The minimum atomic E-state index is -2.61. The van der Waals surface area contributed by atoms with Gasteiger partial charge in [-0.1, -0.05) is 22.5 Å². The smallest absolute Gasteiger partial charge is 0.276 e. The summed E-state index contributed by atoms with van der Waals surface area (Å²) in [5.74, 6) is 0.274. The quantitative estimate of drug-likeness (QED) is 0.635. The van der Waals surface area contributed by atoms with E-state index >= 15 is 0 Å². The van der Waals surface area contributed by atoms with Crippen molar-refractivity contribution in [1.29, 1.82) is 0 Å². The molecule has 1 aromatic carbocycles. The fourth-order valence-electron chi connectivity index (χ4n) is 1.31. The molecule has 1 aromatic rings. The molecule has 0 saturated heterocycles. The lowest BCUT2D eigenvalue weighted by atomic mass is 10.1. The van der Waals surface area contributed by atoms with Crippen molar-refractivity contribution < 1.29 is 18.6 Å². The summed E-state index contributed by atoms with van der Waals surface area (Å²) in [5.41, 5.74) is 0.574. The van der Waals surface area contributed by atoms with Crippen LogP contribution in [0.1, 0.15) is 12.5 Å². The molecular formula is C13H14BrF2NO2. The number of halogens is 3.